The van der Waals surface area contributed by atoms with E-state index < -0.39 is 0 Å². The summed E-state index contributed by atoms with van der Waals surface area (Å²) in [6, 6.07) is 6.30. The van der Waals surface area contributed by atoms with Crippen molar-refractivity contribution >= 4 is 0 Å². The molecule has 15 heavy (non-hydrogen) atoms. The Morgan fingerprint density at radius 1 is 1.20 bits per heavy atom. The third-order valence-corrected chi connectivity index (χ3v) is 2.17. The van der Waals surface area contributed by atoms with Crippen LogP contribution in [0, 0.1) is 0 Å². The number of rotatable bonds is 5. The summed E-state index contributed by atoms with van der Waals surface area (Å²) >= 11 is 0. The molecule has 0 aliphatic rings. The van der Waals surface area contributed by atoms with E-state index >= 15 is 0 Å². The number of aryl methyl sites for hydroxylation is 1. The average molecular weight is 207 g/mol. The van der Waals surface area contributed by atoms with E-state index in [1.54, 1.807) is 0 Å². The summed E-state index contributed by atoms with van der Waals surface area (Å²) in [4.78, 5) is 0. The second-order valence-electron chi connectivity index (χ2n) is 4.11. The fourth-order valence-corrected chi connectivity index (χ4v) is 1.62. The Balaban J connectivity index is 2.89. The van der Waals surface area contributed by atoms with Gasteiger partial charge in [0.2, 0.25) is 0 Å². The Bertz CT molecular complexity index is 307. The highest BCUT2D eigenvalue weighted by molar-refractivity contribution is 5.34. The molecule has 0 atom stereocenters. The molecular formula is C13H21NO. The van der Waals surface area contributed by atoms with Gasteiger partial charge in [-0.3, -0.25) is 0 Å². The Morgan fingerprint density at radius 2 is 1.87 bits per heavy atom. The SMILES string of the molecule is CCCc1cc(CN)cc(OC(C)C)c1. The van der Waals surface area contributed by atoms with Crippen molar-refractivity contribution in [3.8, 4) is 5.75 Å². The van der Waals surface area contributed by atoms with Gasteiger partial charge in [0.05, 0.1) is 6.10 Å². The van der Waals surface area contributed by atoms with E-state index in [1.165, 1.54) is 5.56 Å². The molecule has 1 aromatic rings. The van der Waals surface area contributed by atoms with Gasteiger partial charge in [-0.15, -0.1) is 0 Å². The minimum Gasteiger partial charge on any atom is -0.491 e. The topological polar surface area (TPSA) is 35.2 Å². The summed E-state index contributed by atoms with van der Waals surface area (Å²) in [6.45, 7) is 6.83. The number of hydrogen-bond acceptors (Lipinski definition) is 2. The molecule has 2 N–H and O–H groups in total. The zero-order chi connectivity index (χ0) is 11.3. The third-order valence-electron chi connectivity index (χ3n) is 2.17. The molecule has 0 aliphatic heterocycles. The van der Waals surface area contributed by atoms with Crippen molar-refractivity contribution < 1.29 is 4.74 Å². The molecule has 0 unspecified atom stereocenters. The van der Waals surface area contributed by atoms with Gasteiger partial charge in [-0.1, -0.05) is 19.4 Å². The normalized spacial score (nSPS) is 10.7. The Hall–Kier alpha value is -1.02. The first-order valence-electron chi connectivity index (χ1n) is 5.65. The van der Waals surface area contributed by atoms with Crippen molar-refractivity contribution in [2.24, 2.45) is 5.73 Å². The van der Waals surface area contributed by atoms with Gasteiger partial charge in [-0.05, 0) is 43.5 Å². The Morgan fingerprint density at radius 3 is 2.40 bits per heavy atom. The highest BCUT2D eigenvalue weighted by Gasteiger charge is 2.02. The summed E-state index contributed by atoms with van der Waals surface area (Å²) in [5, 5.41) is 0. The molecule has 84 valence electrons. The molecule has 0 bridgehead atoms. The minimum atomic E-state index is 0.215. The molecule has 0 spiro atoms. The molecule has 1 rings (SSSR count). The zero-order valence-electron chi connectivity index (χ0n) is 9.92. The molecule has 0 heterocycles. The van der Waals surface area contributed by atoms with E-state index in [4.69, 9.17) is 10.5 Å². The lowest BCUT2D eigenvalue weighted by molar-refractivity contribution is 0.242. The Kier molecular flexibility index (Phi) is 4.63. The van der Waals surface area contributed by atoms with Gasteiger partial charge in [-0.25, -0.2) is 0 Å². The maximum atomic E-state index is 5.69. The van der Waals surface area contributed by atoms with Gasteiger partial charge >= 0.3 is 0 Å². The van der Waals surface area contributed by atoms with E-state index in [2.05, 4.69) is 19.1 Å². The number of nitrogens with two attached hydrogens (primary N) is 1. The maximum absolute atomic E-state index is 5.69. The molecule has 0 amide bonds. The second-order valence-corrected chi connectivity index (χ2v) is 4.11. The molecule has 0 aliphatic carbocycles. The molecule has 0 radical (unpaired) electrons. The van der Waals surface area contributed by atoms with Crippen LogP contribution >= 0.6 is 0 Å². The van der Waals surface area contributed by atoms with E-state index in [9.17, 15) is 0 Å². The minimum absolute atomic E-state index is 0.215. The van der Waals surface area contributed by atoms with Crippen LogP contribution in [0.15, 0.2) is 18.2 Å². The molecule has 0 saturated carbocycles. The Labute approximate surface area is 92.4 Å². The molecule has 0 aromatic heterocycles. The van der Waals surface area contributed by atoms with E-state index in [0.29, 0.717) is 6.54 Å². The monoisotopic (exact) mass is 207 g/mol. The van der Waals surface area contributed by atoms with Gasteiger partial charge in [0.1, 0.15) is 5.75 Å². The van der Waals surface area contributed by atoms with Gasteiger partial charge in [-0.2, -0.15) is 0 Å². The van der Waals surface area contributed by atoms with Gasteiger partial charge in [0, 0.05) is 6.54 Å². The molecular weight excluding hydrogens is 186 g/mol. The number of hydrogen-bond donors (Lipinski definition) is 1. The van der Waals surface area contributed by atoms with Gasteiger partial charge < -0.3 is 10.5 Å². The molecule has 1 aromatic carbocycles. The highest BCUT2D eigenvalue weighted by atomic mass is 16.5. The summed E-state index contributed by atoms with van der Waals surface area (Å²) in [7, 11) is 0. The third kappa shape index (κ3) is 3.92. The van der Waals surface area contributed by atoms with Crippen LogP contribution in [-0.2, 0) is 13.0 Å². The van der Waals surface area contributed by atoms with Crippen LogP contribution in [-0.4, -0.2) is 6.10 Å². The lowest BCUT2D eigenvalue weighted by Crippen LogP contribution is -2.07. The van der Waals surface area contributed by atoms with E-state index in [1.807, 2.05) is 19.9 Å². The predicted octanol–water partition coefficient (Wildman–Crippen LogP) is 2.89. The molecule has 0 saturated heterocycles. The van der Waals surface area contributed by atoms with Crippen LogP contribution in [0.2, 0.25) is 0 Å². The maximum Gasteiger partial charge on any atom is 0.120 e. The number of benzene rings is 1. The lowest BCUT2D eigenvalue weighted by atomic mass is 10.1. The van der Waals surface area contributed by atoms with Crippen LogP contribution < -0.4 is 10.5 Å². The quantitative estimate of drug-likeness (QED) is 0.805. The average Bonchev–Trinajstić information content (AvgIpc) is 2.16. The van der Waals surface area contributed by atoms with Crippen molar-refractivity contribution in [1.29, 1.82) is 0 Å². The number of ether oxygens (including phenoxy) is 1. The summed E-state index contributed by atoms with van der Waals surface area (Å²) in [5.41, 5.74) is 8.12. The molecule has 0 fully saturated rings. The summed E-state index contributed by atoms with van der Waals surface area (Å²) < 4.78 is 5.69. The zero-order valence-corrected chi connectivity index (χ0v) is 9.92. The van der Waals surface area contributed by atoms with Crippen LogP contribution in [0.5, 0.6) is 5.75 Å². The first kappa shape index (κ1) is 12.1. The first-order valence-corrected chi connectivity index (χ1v) is 5.65. The van der Waals surface area contributed by atoms with Crippen LogP contribution in [0.25, 0.3) is 0 Å². The van der Waals surface area contributed by atoms with Crippen molar-refractivity contribution in [3.63, 3.8) is 0 Å². The fourth-order valence-electron chi connectivity index (χ4n) is 1.62. The summed E-state index contributed by atoms with van der Waals surface area (Å²) in [6.07, 6.45) is 2.45. The second kappa shape index (κ2) is 5.76. The van der Waals surface area contributed by atoms with Crippen molar-refractivity contribution in [2.45, 2.75) is 46.3 Å². The highest BCUT2D eigenvalue weighted by Crippen LogP contribution is 2.19. The lowest BCUT2D eigenvalue weighted by Gasteiger charge is -2.12. The van der Waals surface area contributed by atoms with Crippen molar-refractivity contribution in [2.75, 3.05) is 0 Å². The van der Waals surface area contributed by atoms with Crippen molar-refractivity contribution in [1.82, 2.24) is 0 Å². The van der Waals surface area contributed by atoms with Crippen LogP contribution in [0.3, 0.4) is 0 Å². The van der Waals surface area contributed by atoms with Gasteiger partial charge in [0.15, 0.2) is 0 Å². The van der Waals surface area contributed by atoms with Crippen LogP contribution in [0.1, 0.15) is 38.3 Å². The first-order chi connectivity index (χ1) is 7.15. The standard InChI is InChI=1S/C13H21NO/c1-4-5-11-6-12(9-14)8-13(7-11)15-10(2)3/h6-8,10H,4-5,9,14H2,1-3H3. The predicted molar refractivity (Wildman–Crippen MR) is 64.1 cm³/mol. The summed E-state index contributed by atoms with van der Waals surface area (Å²) in [5.74, 6) is 0.941. The van der Waals surface area contributed by atoms with Crippen LogP contribution in [0.4, 0.5) is 0 Å². The van der Waals surface area contributed by atoms with Crippen molar-refractivity contribution in [3.05, 3.63) is 29.3 Å². The van der Waals surface area contributed by atoms with E-state index in [-0.39, 0.29) is 6.10 Å². The molecule has 2 heteroatoms. The molecule has 2 nitrogen and oxygen atoms in total. The van der Waals surface area contributed by atoms with Gasteiger partial charge in [0.25, 0.3) is 0 Å². The smallest absolute Gasteiger partial charge is 0.120 e. The fraction of sp³-hybridized carbons (Fsp3) is 0.538. The van der Waals surface area contributed by atoms with E-state index in [0.717, 1.165) is 24.2 Å². The largest absolute Gasteiger partial charge is 0.491 e.